The van der Waals surface area contributed by atoms with E-state index in [1.807, 2.05) is 30.3 Å². The lowest BCUT2D eigenvalue weighted by Crippen LogP contribution is -2.26. The van der Waals surface area contributed by atoms with Gasteiger partial charge in [0, 0.05) is 18.9 Å². The summed E-state index contributed by atoms with van der Waals surface area (Å²) in [5.74, 6) is -0.149. The molecular weight excluding hydrogens is 306 g/mol. The molecule has 6 heteroatoms. The largest absolute Gasteiger partial charge is 0.274 e. The number of nitro benzene ring substituents is 1. The maximum absolute atomic E-state index is 12.3. The Morgan fingerprint density at radius 2 is 1.88 bits per heavy atom. The summed E-state index contributed by atoms with van der Waals surface area (Å²) >= 11 is 0. The molecule has 0 saturated carbocycles. The van der Waals surface area contributed by atoms with Gasteiger partial charge >= 0.3 is 0 Å². The van der Waals surface area contributed by atoms with E-state index in [2.05, 4.69) is 5.10 Å². The van der Waals surface area contributed by atoms with Crippen molar-refractivity contribution in [3.05, 3.63) is 75.8 Å². The third-order valence-electron chi connectivity index (χ3n) is 4.07. The van der Waals surface area contributed by atoms with Gasteiger partial charge in [0.05, 0.1) is 22.2 Å². The SMILES string of the molecule is CCC(=O)N1N=C(c2ccccc2)C[C@@H]1c1ccccc1[N+](=O)[O-]. The molecule has 0 saturated heterocycles. The van der Waals surface area contributed by atoms with Crippen molar-refractivity contribution in [2.75, 3.05) is 0 Å². The molecule has 6 nitrogen and oxygen atoms in total. The van der Waals surface area contributed by atoms with Crippen LogP contribution >= 0.6 is 0 Å². The number of benzene rings is 2. The smallest absolute Gasteiger partial charge is 0.273 e. The molecule has 0 N–H and O–H groups in total. The number of para-hydroxylation sites is 1. The quantitative estimate of drug-likeness (QED) is 0.636. The second kappa shape index (κ2) is 6.62. The minimum absolute atomic E-state index is 0.0147. The van der Waals surface area contributed by atoms with Crippen molar-refractivity contribution in [1.29, 1.82) is 0 Å². The predicted octanol–water partition coefficient (Wildman–Crippen LogP) is 3.68. The summed E-state index contributed by atoms with van der Waals surface area (Å²) in [6.45, 7) is 1.76. The van der Waals surface area contributed by atoms with E-state index >= 15 is 0 Å². The van der Waals surface area contributed by atoms with Crippen LogP contribution in [0.3, 0.4) is 0 Å². The number of amides is 1. The topological polar surface area (TPSA) is 75.8 Å². The molecule has 24 heavy (non-hydrogen) atoms. The maximum Gasteiger partial charge on any atom is 0.274 e. The number of nitrogens with zero attached hydrogens (tertiary/aromatic N) is 3. The first kappa shape index (κ1) is 15.9. The van der Waals surface area contributed by atoms with Crippen LogP contribution < -0.4 is 0 Å². The van der Waals surface area contributed by atoms with Crippen LogP contribution in [0.4, 0.5) is 5.69 Å². The normalized spacial score (nSPS) is 16.8. The molecule has 1 heterocycles. The second-order valence-electron chi connectivity index (χ2n) is 5.54. The molecule has 1 aliphatic rings. The second-order valence-corrected chi connectivity index (χ2v) is 5.54. The third kappa shape index (κ3) is 2.90. The van der Waals surface area contributed by atoms with E-state index in [9.17, 15) is 14.9 Å². The Balaban J connectivity index is 2.02. The summed E-state index contributed by atoms with van der Waals surface area (Å²) in [4.78, 5) is 23.2. The third-order valence-corrected chi connectivity index (χ3v) is 4.07. The van der Waals surface area contributed by atoms with Gasteiger partial charge in [-0.25, -0.2) is 5.01 Å². The van der Waals surface area contributed by atoms with Crippen molar-refractivity contribution in [1.82, 2.24) is 5.01 Å². The summed E-state index contributed by atoms with van der Waals surface area (Å²) in [5.41, 5.74) is 2.22. The first-order chi connectivity index (χ1) is 11.6. The Morgan fingerprint density at radius 3 is 2.54 bits per heavy atom. The van der Waals surface area contributed by atoms with Gasteiger partial charge in [-0.3, -0.25) is 14.9 Å². The highest BCUT2D eigenvalue weighted by molar-refractivity contribution is 6.03. The lowest BCUT2D eigenvalue weighted by Gasteiger charge is -2.21. The van der Waals surface area contributed by atoms with Crippen LogP contribution in [0.2, 0.25) is 0 Å². The molecule has 3 rings (SSSR count). The van der Waals surface area contributed by atoms with E-state index in [0.29, 0.717) is 18.4 Å². The zero-order chi connectivity index (χ0) is 17.1. The Kier molecular flexibility index (Phi) is 4.37. The lowest BCUT2D eigenvalue weighted by atomic mass is 9.97. The average Bonchev–Trinajstić information content (AvgIpc) is 3.07. The molecule has 0 bridgehead atoms. The van der Waals surface area contributed by atoms with E-state index in [1.165, 1.54) is 11.1 Å². The standard InChI is InChI=1S/C18H17N3O3/c1-2-18(22)20-17(14-10-6-7-11-16(14)21(23)24)12-15(19-20)13-8-4-3-5-9-13/h3-11,17H,2,12H2,1H3/t17-/m1/s1. The van der Waals surface area contributed by atoms with E-state index in [-0.39, 0.29) is 11.6 Å². The van der Waals surface area contributed by atoms with Crippen LogP contribution in [0.15, 0.2) is 59.7 Å². The van der Waals surface area contributed by atoms with Crippen molar-refractivity contribution in [2.45, 2.75) is 25.8 Å². The first-order valence-corrected chi connectivity index (χ1v) is 7.80. The van der Waals surface area contributed by atoms with Gasteiger partial charge in [-0.1, -0.05) is 49.4 Å². The Bertz CT molecular complexity index is 802. The van der Waals surface area contributed by atoms with Crippen LogP contribution in [-0.4, -0.2) is 21.6 Å². The fourth-order valence-corrected chi connectivity index (χ4v) is 2.89. The van der Waals surface area contributed by atoms with Crippen molar-refractivity contribution in [2.24, 2.45) is 5.10 Å². The molecule has 1 amide bonds. The molecule has 0 fully saturated rings. The highest BCUT2D eigenvalue weighted by Crippen LogP contribution is 2.37. The molecule has 0 aliphatic carbocycles. The minimum Gasteiger partial charge on any atom is -0.273 e. The van der Waals surface area contributed by atoms with Crippen molar-refractivity contribution < 1.29 is 9.72 Å². The fraction of sp³-hybridized carbons (Fsp3) is 0.222. The molecule has 122 valence electrons. The van der Waals surface area contributed by atoms with Gasteiger partial charge in [0.25, 0.3) is 5.69 Å². The number of hydrogen-bond acceptors (Lipinski definition) is 4. The van der Waals surface area contributed by atoms with Crippen molar-refractivity contribution in [3.63, 3.8) is 0 Å². The fourth-order valence-electron chi connectivity index (χ4n) is 2.89. The summed E-state index contributed by atoms with van der Waals surface area (Å²) in [5, 5.41) is 17.2. The molecule has 2 aromatic rings. The van der Waals surface area contributed by atoms with Crippen LogP contribution in [0.25, 0.3) is 0 Å². The monoisotopic (exact) mass is 323 g/mol. The van der Waals surface area contributed by atoms with Gasteiger partial charge in [0.1, 0.15) is 0 Å². The summed E-state index contributed by atoms with van der Waals surface area (Å²) in [6.07, 6.45) is 0.753. The van der Waals surface area contributed by atoms with Gasteiger partial charge in [-0.05, 0) is 11.6 Å². The molecule has 0 aromatic heterocycles. The molecule has 0 radical (unpaired) electrons. The van der Waals surface area contributed by atoms with Crippen molar-refractivity contribution in [3.8, 4) is 0 Å². The maximum atomic E-state index is 12.3. The minimum atomic E-state index is -0.450. The molecular formula is C18H17N3O3. The van der Waals surface area contributed by atoms with Crippen LogP contribution in [0.5, 0.6) is 0 Å². The summed E-state index contributed by atoms with van der Waals surface area (Å²) in [7, 11) is 0. The van der Waals surface area contributed by atoms with E-state index in [0.717, 1.165) is 11.3 Å². The van der Waals surface area contributed by atoms with Gasteiger partial charge in [0.2, 0.25) is 5.91 Å². The molecule has 0 spiro atoms. The van der Waals surface area contributed by atoms with E-state index in [4.69, 9.17) is 0 Å². The highest BCUT2D eigenvalue weighted by atomic mass is 16.6. The van der Waals surface area contributed by atoms with Crippen LogP contribution in [0, 0.1) is 10.1 Å². The molecule has 2 aromatic carbocycles. The molecule has 1 atom stereocenters. The highest BCUT2D eigenvalue weighted by Gasteiger charge is 2.35. The van der Waals surface area contributed by atoms with Crippen LogP contribution in [0.1, 0.15) is 36.9 Å². The van der Waals surface area contributed by atoms with E-state index < -0.39 is 11.0 Å². The van der Waals surface area contributed by atoms with Gasteiger partial charge in [-0.2, -0.15) is 5.10 Å². The van der Waals surface area contributed by atoms with E-state index in [1.54, 1.807) is 25.1 Å². The lowest BCUT2D eigenvalue weighted by molar-refractivity contribution is -0.385. The summed E-state index contributed by atoms with van der Waals surface area (Å²) in [6, 6.07) is 15.7. The Hall–Kier alpha value is -3.02. The zero-order valence-electron chi connectivity index (χ0n) is 13.3. The predicted molar refractivity (Wildman–Crippen MR) is 90.6 cm³/mol. The first-order valence-electron chi connectivity index (χ1n) is 7.80. The van der Waals surface area contributed by atoms with Gasteiger partial charge in [0.15, 0.2) is 0 Å². The number of carbonyl (C=O) groups excluding carboxylic acids is 1. The number of hydrogen-bond donors (Lipinski definition) is 0. The Labute approximate surface area is 139 Å². The zero-order valence-corrected chi connectivity index (χ0v) is 13.3. The average molecular weight is 323 g/mol. The van der Waals surface area contributed by atoms with Gasteiger partial charge < -0.3 is 0 Å². The number of carbonyl (C=O) groups is 1. The molecule has 0 unspecified atom stereocenters. The Morgan fingerprint density at radius 1 is 1.21 bits per heavy atom. The number of rotatable bonds is 4. The summed E-state index contributed by atoms with van der Waals surface area (Å²) < 4.78 is 0. The van der Waals surface area contributed by atoms with Gasteiger partial charge in [-0.15, -0.1) is 0 Å². The number of nitro groups is 1. The number of hydrazone groups is 1. The van der Waals surface area contributed by atoms with Crippen LogP contribution in [-0.2, 0) is 4.79 Å². The van der Waals surface area contributed by atoms with Crippen molar-refractivity contribution >= 4 is 17.3 Å². The molecule has 1 aliphatic heterocycles.